The highest BCUT2D eigenvalue weighted by Crippen LogP contribution is 2.36. The summed E-state index contributed by atoms with van der Waals surface area (Å²) in [6.45, 7) is 11.1. The highest BCUT2D eigenvalue weighted by atomic mass is 35.5. The first kappa shape index (κ1) is 20.4. The number of halogens is 1. The fourth-order valence-corrected chi connectivity index (χ4v) is 2.91. The summed E-state index contributed by atoms with van der Waals surface area (Å²) in [6.07, 6.45) is 0. The monoisotopic (exact) mass is 374 g/mol. The van der Waals surface area contributed by atoms with Gasteiger partial charge in [0.2, 0.25) is 0 Å². The quantitative estimate of drug-likeness (QED) is 0.338. The Morgan fingerprint density at radius 2 is 1.92 bits per heavy atom. The number of rotatable bonds is 7. The summed E-state index contributed by atoms with van der Waals surface area (Å²) in [6, 6.07) is 2.25. The Hall–Kier alpha value is -1.64. The summed E-state index contributed by atoms with van der Waals surface area (Å²) >= 11 is 5.85. The predicted octanol–water partition coefficient (Wildman–Crippen LogP) is 3.75. The van der Waals surface area contributed by atoms with Crippen LogP contribution >= 0.6 is 11.6 Å². The van der Waals surface area contributed by atoms with E-state index >= 15 is 0 Å². The van der Waals surface area contributed by atoms with E-state index in [2.05, 4.69) is 33.9 Å². The van der Waals surface area contributed by atoms with Crippen molar-refractivity contribution < 1.29 is 18.9 Å². The van der Waals surface area contributed by atoms with Crippen LogP contribution < -0.4 is 10.5 Å². The number of nitrogens with two attached hydrogens (primary N) is 1. The van der Waals surface area contributed by atoms with Crippen LogP contribution in [0.25, 0.3) is 0 Å². The summed E-state index contributed by atoms with van der Waals surface area (Å²) in [5.41, 5.74) is 4.78. The van der Waals surface area contributed by atoms with Gasteiger partial charge in [-0.25, -0.2) is 0 Å². The predicted molar refractivity (Wildman–Crippen MR) is 95.3 cm³/mol. The number of primary amides is 1. The Labute approximate surface area is 147 Å². The third kappa shape index (κ3) is 4.92. The number of hydrogen-bond acceptors (Lipinski definition) is 5. The Balaban J connectivity index is 2.84. The van der Waals surface area contributed by atoms with Gasteiger partial charge in [0.05, 0.1) is 17.1 Å². The minimum absolute atomic E-state index is 0.0715. The van der Waals surface area contributed by atoms with Crippen LogP contribution in [0, 0.1) is 10.1 Å². The van der Waals surface area contributed by atoms with Crippen molar-refractivity contribution in [1.29, 1.82) is 0 Å². The van der Waals surface area contributed by atoms with E-state index in [-0.39, 0.29) is 28.0 Å². The number of benzene rings is 1. The normalized spacial score (nSPS) is 12.1. The van der Waals surface area contributed by atoms with E-state index in [0.29, 0.717) is 6.61 Å². The highest BCUT2D eigenvalue weighted by Gasteiger charge is 2.36. The van der Waals surface area contributed by atoms with Crippen LogP contribution in [0.2, 0.25) is 23.2 Å². The number of amides is 1. The van der Waals surface area contributed by atoms with Gasteiger partial charge in [-0.2, -0.15) is 0 Å². The molecule has 9 heteroatoms. The molecule has 24 heavy (non-hydrogen) atoms. The van der Waals surface area contributed by atoms with Crippen molar-refractivity contribution in [1.82, 2.24) is 0 Å². The second-order valence-electron chi connectivity index (χ2n) is 6.88. The molecule has 0 bridgehead atoms. The van der Waals surface area contributed by atoms with E-state index in [0.717, 1.165) is 6.07 Å². The molecule has 1 amide bonds. The minimum atomic E-state index is -1.90. The molecule has 0 fully saturated rings. The molecule has 0 aromatic heterocycles. The summed E-state index contributed by atoms with van der Waals surface area (Å²) in [7, 11) is -1.90. The maximum Gasteiger partial charge on any atom is 0.288 e. The lowest BCUT2D eigenvalue weighted by Gasteiger charge is -2.36. The Bertz CT molecular complexity index is 643. The van der Waals surface area contributed by atoms with Gasteiger partial charge >= 0.3 is 0 Å². The van der Waals surface area contributed by atoms with Crippen LogP contribution in [0.15, 0.2) is 12.1 Å². The van der Waals surface area contributed by atoms with Crippen LogP contribution in [0.5, 0.6) is 5.75 Å². The van der Waals surface area contributed by atoms with Gasteiger partial charge in [-0.3, -0.25) is 14.9 Å². The number of nitro groups is 1. The van der Waals surface area contributed by atoms with Crippen LogP contribution in [-0.4, -0.2) is 32.4 Å². The van der Waals surface area contributed by atoms with E-state index in [1.165, 1.54) is 6.07 Å². The molecule has 0 spiro atoms. The number of hydrogen-bond donors (Lipinski definition) is 1. The summed E-state index contributed by atoms with van der Waals surface area (Å²) in [4.78, 5) is 21.7. The van der Waals surface area contributed by atoms with E-state index in [1.54, 1.807) is 0 Å². The Morgan fingerprint density at radius 1 is 1.33 bits per heavy atom. The lowest BCUT2D eigenvalue weighted by Crippen LogP contribution is -2.41. The second kappa shape index (κ2) is 7.50. The maximum atomic E-state index is 11.5. The SMILES string of the molecule is CC(C)(C)[Si](C)(C)OCCOc1cc(Cl)c([N+](=O)[O-])cc1C(N)=O. The number of nitro benzene ring substituents is 1. The zero-order valence-corrected chi connectivity index (χ0v) is 16.3. The summed E-state index contributed by atoms with van der Waals surface area (Å²) in [5.74, 6) is -0.716. The van der Waals surface area contributed by atoms with Crippen molar-refractivity contribution >= 4 is 31.5 Å². The number of ether oxygens (including phenoxy) is 1. The molecule has 0 heterocycles. The molecule has 1 aromatic carbocycles. The molecule has 7 nitrogen and oxygen atoms in total. The molecule has 0 aliphatic rings. The summed E-state index contributed by atoms with van der Waals surface area (Å²) < 4.78 is 11.5. The molecule has 1 aromatic rings. The molecular weight excluding hydrogens is 352 g/mol. The zero-order valence-electron chi connectivity index (χ0n) is 14.5. The van der Waals surface area contributed by atoms with Gasteiger partial charge in [0, 0.05) is 12.1 Å². The number of nitrogens with zero attached hydrogens (tertiary/aromatic N) is 1. The molecule has 0 saturated carbocycles. The van der Waals surface area contributed by atoms with Gasteiger partial charge in [0.25, 0.3) is 11.6 Å². The van der Waals surface area contributed by atoms with Crippen molar-refractivity contribution in [3.63, 3.8) is 0 Å². The molecular formula is C15H23ClN2O5Si. The largest absolute Gasteiger partial charge is 0.490 e. The molecule has 0 saturated heterocycles. The molecule has 0 radical (unpaired) electrons. The van der Waals surface area contributed by atoms with Crippen molar-refractivity contribution in [2.45, 2.75) is 38.9 Å². The molecule has 134 valence electrons. The van der Waals surface area contributed by atoms with Crippen molar-refractivity contribution in [3.8, 4) is 5.75 Å². The number of carbonyl (C=O) groups excluding carboxylic acids is 1. The lowest BCUT2D eigenvalue weighted by atomic mass is 10.1. The number of carbonyl (C=O) groups is 1. The average molecular weight is 375 g/mol. The van der Waals surface area contributed by atoms with Gasteiger partial charge in [0.15, 0.2) is 8.32 Å². The van der Waals surface area contributed by atoms with Crippen molar-refractivity contribution in [2.24, 2.45) is 5.73 Å². The Morgan fingerprint density at radius 3 is 2.38 bits per heavy atom. The van der Waals surface area contributed by atoms with Crippen LogP contribution in [0.3, 0.4) is 0 Å². The summed E-state index contributed by atoms with van der Waals surface area (Å²) in [5, 5.41) is 10.8. The van der Waals surface area contributed by atoms with E-state index in [1.807, 2.05) is 0 Å². The molecule has 1 rings (SSSR count). The van der Waals surface area contributed by atoms with Gasteiger partial charge in [-0.05, 0) is 18.1 Å². The average Bonchev–Trinajstić information content (AvgIpc) is 2.41. The van der Waals surface area contributed by atoms with Crippen molar-refractivity contribution in [3.05, 3.63) is 32.8 Å². The second-order valence-corrected chi connectivity index (χ2v) is 12.1. The lowest BCUT2D eigenvalue weighted by molar-refractivity contribution is -0.384. The molecule has 0 aliphatic carbocycles. The van der Waals surface area contributed by atoms with Crippen LogP contribution in [0.4, 0.5) is 5.69 Å². The van der Waals surface area contributed by atoms with Crippen molar-refractivity contribution in [2.75, 3.05) is 13.2 Å². The first-order valence-electron chi connectivity index (χ1n) is 7.41. The molecule has 2 N–H and O–H groups in total. The topological polar surface area (TPSA) is 105 Å². The fourth-order valence-electron chi connectivity index (χ4n) is 1.66. The third-order valence-electron chi connectivity index (χ3n) is 4.12. The molecule has 0 atom stereocenters. The van der Waals surface area contributed by atoms with E-state index < -0.39 is 24.8 Å². The first-order chi connectivity index (χ1) is 10.9. The van der Waals surface area contributed by atoms with Gasteiger partial charge in [0.1, 0.15) is 17.4 Å². The van der Waals surface area contributed by atoms with Crippen LogP contribution in [-0.2, 0) is 4.43 Å². The Kier molecular flexibility index (Phi) is 6.37. The van der Waals surface area contributed by atoms with Gasteiger partial charge in [-0.15, -0.1) is 0 Å². The standard InChI is InChI=1S/C15H23ClN2O5Si/c1-15(2,3)24(4,5)23-7-6-22-13-9-11(16)12(18(20)21)8-10(13)14(17)19/h8-9H,6-7H2,1-5H3,(H2,17,19). The molecule has 0 unspecified atom stereocenters. The third-order valence-corrected chi connectivity index (χ3v) is 8.96. The highest BCUT2D eigenvalue weighted by molar-refractivity contribution is 6.74. The van der Waals surface area contributed by atoms with Crippen LogP contribution in [0.1, 0.15) is 31.1 Å². The minimum Gasteiger partial charge on any atom is -0.490 e. The van der Waals surface area contributed by atoms with Gasteiger partial charge in [-0.1, -0.05) is 32.4 Å². The fraction of sp³-hybridized carbons (Fsp3) is 0.533. The smallest absolute Gasteiger partial charge is 0.288 e. The first-order valence-corrected chi connectivity index (χ1v) is 10.7. The zero-order chi connectivity index (χ0) is 18.7. The van der Waals surface area contributed by atoms with Gasteiger partial charge < -0.3 is 14.9 Å². The maximum absolute atomic E-state index is 11.5. The molecule has 0 aliphatic heterocycles. The van der Waals surface area contributed by atoms with E-state index in [4.69, 9.17) is 26.5 Å². The van der Waals surface area contributed by atoms with E-state index in [9.17, 15) is 14.9 Å².